The molecule has 21 heavy (non-hydrogen) atoms. The Balaban J connectivity index is 1.96. The van der Waals surface area contributed by atoms with E-state index in [0.29, 0.717) is 18.5 Å². The second-order valence-electron chi connectivity index (χ2n) is 6.98. The monoisotopic (exact) mass is 295 g/mol. The first-order valence-electron chi connectivity index (χ1n) is 8.86. The van der Waals surface area contributed by atoms with Crippen LogP contribution in [0.2, 0.25) is 0 Å². The summed E-state index contributed by atoms with van der Waals surface area (Å²) in [5, 5.41) is 0. The van der Waals surface area contributed by atoms with E-state index < -0.39 is 0 Å². The standard InChI is InChI=1S/C17H33N3O/c1-3-15(2)19-10-12-20(13-11-19)16(21)17(14-18)8-6-4-5-7-9-17/h15H,3-14,18H2,1-2H3. The fraction of sp³-hybridized carbons (Fsp3) is 0.941. The second-order valence-corrected chi connectivity index (χ2v) is 6.98. The van der Waals surface area contributed by atoms with Gasteiger partial charge in [-0.25, -0.2) is 0 Å². The highest BCUT2D eigenvalue weighted by Crippen LogP contribution is 2.36. The van der Waals surface area contributed by atoms with Crippen LogP contribution < -0.4 is 5.73 Å². The molecular formula is C17H33N3O. The van der Waals surface area contributed by atoms with Crippen LogP contribution in [0.3, 0.4) is 0 Å². The normalized spacial score (nSPS) is 25.4. The van der Waals surface area contributed by atoms with Crippen molar-refractivity contribution < 1.29 is 4.79 Å². The largest absolute Gasteiger partial charge is 0.340 e. The van der Waals surface area contributed by atoms with Crippen LogP contribution >= 0.6 is 0 Å². The highest BCUT2D eigenvalue weighted by Gasteiger charge is 2.40. The third-order valence-electron chi connectivity index (χ3n) is 5.72. The smallest absolute Gasteiger partial charge is 0.230 e. The van der Waals surface area contributed by atoms with Gasteiger partial charge in [-0.1, -0.05) is 32.6 Å². The minimum atomic E-state index is -0.255. The average Bonchev–Trinajstić information content (AvgIpc) is 2.80. The minimum Gasteiger partial charge on any atom is -0.340 e. The van der Waals surface area contributed by atoms with Crippen LogP contribution in [0.15, 0.2) is 0 Å². The van der Waals surface area contributed by atoms with Gasteiger partial charge in [0.05, 0.1) is 5.41 Å². The van der Waals surface area contributed by atoms with E-state index in [-0.39, 0.29) is 5.41 Å². The van der Waals surface area contributed by atoms with Crippen LogP contribution in [-0.2, 0) is 4.79 Å². The molecule has 1 saturated heterocycles. The zero-order chi connectivity index (χ0) is 15.3. The van der Waals surface area contributed by atoms with Crippen molar-refractivity contribution in [1.29, 1.82) is 0 Å². The number of nitrogens with zero attached hydrogens (tertiary/aromatic N) is 2. The van der Waals surface area contributed by atoms with Gasteiger partial charge in [0.2, 0.25) is 5.91 Å². The molecule has 4 nitrogen and oxygen atoms in total. The van der Waals surface area contributed by atoms with Crippen molar-refractivity contribution in [3.63, 3.8) is 0 Å². The van der Waals surface area contributed by atoms with E-state index in [2.05, 4.69) is 23.6 Å². The first kappa shape index (κ1) is 16.8. The maximum absolute atomic E-state index is 13.0. The Labute approximate surface area is 130 Å². The molecule has 1 unspecified atom stereocenters. The van der Waals surface area contributed by atoms with Gasteiger partial charge in [0.1, 0.15) is 0 Å². The SMILES string of the molecule is CCC(C)N1CCN(C(=O)C2(CN)CCCCCC2)CC1. The van der Waals surface area contributed by atoms with Gasteiger partial charge in [-0.15, -0.1) is 0 Å². The molecule has 1 aliphatic heterocycles. The molecule has 2 N–H and O–H groups in total. The summed E-state index contributed by atoms with van der Waals surface area (Å²) in [5.41, 5.74) is 5.80. The van der Waals surface area contributed by atoms with Gasteiger partial charge in [-0.3, -0.25) is 9.69 Å². The summed E-state index contributed by atoms with van der Waals surface area (Å²) in [5.74, 6) is 0.343. The molecule has 0 aromatic rings. The summed E-state index contributed by atoms with van der Waals surface area (Å²) in [7, 11) is 0. The summed E-state index contributed by atoms with van der Waals surface area (Å²) in [6.07, 6.45) is 8.02. The third-order valence-corrected chi connectivity index (χ3v) is 5.72. The van der Waals surface area contributed by atoms with Crippen molar-refractivity contribution in [2.45, 2.75) is 64.8 Å². The summed E-state index contributed by atoms with van der Waals surface area (Å²) in [6, 6.07) is 0.628. The molecule has 1 aliphatic carbocycles. The molecule has 2 fully saturated rings. The summed E-state index contributed by atoms with van der Waals surface area (Å²) in [4.78, 5) is 17.6. The average molecular weight is 295 g/mol. The number of carbonyl (C=O) groups is 1. The van der Waals surface area contributed by atoms with E-state index in [0.717, 1.165) is 51.9 Å². The summed E-state index contributed by atoms with van der Waals surface area (Å²) < 4.78 is 0. The zero-order valence-electron chi connectivity index (χ0n) is 13.9. The number of nitrogens with two attached hydrogens (primary N) is 1. The molecule has 2 aliphatic rings. The van der Waals surface area contributed by atoms with Crippen molar-refractivity contribution in [2.24, 2.45) is 11.1 Å². The van der Waals surface area contributed by atoms with Crippen molar-refractivity contribution in [2.75, 3.05) is 32.7 Å². The van der Waals surface area contributed by atoms with Crippen molar-refractivity contribution in [1.82, 2.24) is 9.80 Å². The lowest BCUT2D eigenvalue weighted by Crippen LogP contribution is -2.56. The van der Waals surface area contributed by atoms with Gasteiger partial charge in [-0.2, -0.15) is 0 Å². The molecule has 0 spiro atoms. The van der Waals surface area contributed by atoms with Gasteiger partial charge in [0.15, 0.2) is 0 Å². The van der Waals surface area contributed by atoms with E-state index in [1.54, 1.807) is 0 Å². The van der Waals surface area contributed by atoms with E-state index in [1.807, 2.05) is 0 Å². The molecule has 1 atom stereocenters. The maximum atomic E-state index is 13.0. The van der Waals surface area contributed by atoms with Gasteiger partial charge in [0.25, 0.3) is 0 Å². The number of piperazine rings is 1. The Morgan fingerprint density at radius 1 is 1.10 bits per heavy atom. The molecule has 0 aromatic heterocycles. The number of rotatable bonds is 4. The van der Waals surface area contributed by atoms with Crippen LogP contribution in [-0.4, -0.2) is 54.5 Å². The van der Waals surface area contributed by atoms with E-state index in [9.17, 15) is 4.79 Å². The topological polar surface area (TPSA) is 49.6 Å². The van der Waals surface area contributed by atoms with Gasteiger partial charge in [0, 0.05) is 38.8 Å². The molecule has 2 rings (SSSR count). The highest BCUT2D eigenvalue weighted by atomic mass is 16.2. The van der Waals surface area contributed by atoms with Gasteiger partial charge >= 0.3 is 0 Å². The molecule has 0 radical (unpaired) electrons. The lowest BCUT2D eigenvalue weighted by atomic mass is 9.79. The van der Waals surface area contributed by atoms with E-state index in [1.165, 1.54) is 19.3 Å². The van der Waals surface area contributed by atoms with Crippen molar-refractivity contribution >= 4 is 5.91 Å². The molecular weight excluding hydrogens is 262 g/mol. The van der Waals surface area contributed by atoms with Crippen LogP contribution in [0.1, 0.15) is 58.8 Å². The zero-order valence-corrected chi connectivity index (χ0v) is 13.9. The van der Waals surface area contributed by atoms with Crippen LogP contribution in [0.25, 0.3) is 0 Å². The molecule has 0 bridgehead atoms. The number of amides is 1. The fourth-order valence-electron chi connectivity index (χ4n) is 3.87. The Morgan fingerprint density at radius 2 is 1.67 bits per heavy atom. The Morgan fingerprint density at radius 3 is 2.14 bits per heavy atom. The Kier molecular flexibility index (Phi) is 6.06. The molecule has 1 heterocycles. The van der Waals surface area contributed by atoms with Gasteiger partial charge in [-0.05, 0) is 26.2 Å². The Bertz CT molecular complexity index is 329. The predicted octanol–water partition coefficient (Wildman–Crippen LogP) is 2.23. The lowest BCUT2D eigenvalue weighted by molar-refractivity contribution is -0.144. The first-order valence-corrected chi connectivity index (χ1v) is 8.86. The maximum Gasteiger partial charge on any atom is 0.230 e. The summed E-state index contributed by atoms with van der Waals surface area (Å²) >= 11 is 0. The molecule has 0 aromatic carbocycles. The molecule has 4 heteroatoms. The second kappa shape index (κ2) is 7.59. The number of hydrogen-bond donors (Lipinski definition) is 1. The lowest BCUT2D eigenvalue weighted by Gasteiger charge is -2.42. The van der Waals surface area contributed by atoms with Crippen molar-refractivity contribution in [3.8, 4) is 0 Å². The molecule has 1 saturated carbocycles. The van der Waals surface area contributed by atoms with E-state index in [4.69, 9.17) is 5.73 Å². The van der Waals surface area contributed by atoms with Crippen LogP contribution in [0.4, 0.5) is 0 Å². The van der Waals surface area contributed by atoms with Crippen LogP contribution in [0.5, 0.6) is 0 Å². The van der Waals surface area contributed by atoms with Crippen molar-refractivity contribution in [3.05, 3.63) is 0 Å². The number of hydrogen-bond acceptors (Lipinski definition) is 3. The van der Waals surface area contributed by atoms with Crippen LogP contribution in [0, 0.1) is 5.41 Å². The third kappa shape index (κ3) is 3.78. The first-order chi connectivity index (χ1) is 10.1. The molecule has 1 amide bonds. The summed E-state index contributed by atoms with van der Waals surface area (Å²) in [6.45, 7) is 8.83. The fourth-order valence-corrected chi connectivity index (χ4v) is 3.87. The molecule has 122 valence electrons. The minimum absolute atomic E-state index is 0.255. The van der Waals surface area contributed by atoms with Gasteiger partial charge < -0.3 is 10.6 Å². The number of carbonyl (C=O) groups excluding carboxylic acids is 1. The van der Waals surface area contributed by atoms with E-state index >= 15 is 0 Å². The quantitative estimate of drug-likeness (QED) is 0.809. The Hall–Kier alpha value is -0.610. The predicted molar refractivity (Wildman–Crippen MR) is 87.1 cm³/mol. The highest BCUT2D eigenvalue weighted by molar-refractivity contribution is 5.83.